The molecule has 3 rings (SSSR count). The van der Waals surface area contributed by atoms with Gasteiger partial charge in [0, 0.05) is 18.3 Å². The number of amides is 1. The van der Waals surface area contributed by atoms with Crippen LogP contribution in [-0.4, -0.2) is 33.9 Å². The second-order valence-corrected chi connectivity index (χ2v) is 5.86. The van der Waals surface area contributed by atoms with Crippen molar-refractivity contribution in [3.8, 4) is 11.5 Å². The number of aryl methyl sites for hydroxylation is 1. The topological polar surface area (TPSA) is 108 Å². The van der Waals surface area contributed by atoms with Crippen LogP contribution in [0.2, 0.25) is 0 Å². The van der Waals surface area contributed by atoms with Crippen LogP contribution in [0, 0.1) is 10.1 Å². The first-order chi connectivity index (χ1) is 13.5. The lowest BCUT2D eigenvalue weighted by Gasteiger charge is -2.11. The third-order valence-corrected chi connectivity index (χ3v) is 4.18. The third kappa shape index (κ3) is 3.46. The number of nitrogens with zero attached hydrogens (tertiary/aromatic N) is 3. The zero-order valence-electron chi connectivity index (χ0n) is 15.8. The van der Waals surface area contributed by atoms with Crippen LogP contribution in [0.15, 0.2) is 36.5 Å². The fraction of sp³-hybridized carbons (Fsp3) is 0.263. The Morgan fingerprint density at radius 3 is 2.71 bits per heavy atom. The first-order valence-electron chi connectivity index (χ1n) is 8.76. The second-order valence-electron chi connectivity index (χ2n) is 5.86. The van der Waals surface area contributed by atoms with E-state index in [2.05, 4.69) is 10.3 Å². The van der Waals surface area contributed by atoms with Gasteiger partial charge in [0.15, 0.2) is 11.4 Å². The van der Waals surface area contributed by atoms with Crippen molar-refractivity contribution < 1.29 is 19.2 Å². The molecule has 3 aromatic rings. The van der Waals surface area contributed by atoms with Gasteiger partial charge < -0.3 is 14.8 Å². The fourth-order valence-electron chi connectivity index (χ4n) is 2.93. The number of carbonyl (C=O) groups is 1. The van der Waals surface area contributed by atoms with Crippen LogP contribution in [0.25, 0.3) is 5.65 Å². The Balaban J connectivity index is 2.06. The van der Waals surface area contributed by atoms with Gasteiger partial charge in [0.05, 0.1) is 30.0 Å². The highest BCUT2D eigenvalue weighted by molar-refractivity contribution is 6.05. The smallest absolute Gasteiger partial charge is 0.274 e. The number of aromatic nitrogens is 2. The van der Waals surface area contributed by atoms with E-state index in [4.69, 9.17) is 9.47 Å². The predicted molar refractivity (Wildman–Crippen MR) is 103 cm³/mol. The highest BCUT2D eigenvalue weighted by atomic mass is 16.6. The lowest BCUT2D eigenvalue weighted by atomic mass is 10.2. The van der Waals surface area contributed by atoms with E-state index >= 15 is 0 Å². The summed E-state index contributed by atoms with van der Waals surface area (Å²) in [6.07, 6.45) is 2.26. The van der Waals surface area contributed by atoms with Crippen molar-refractivity contribution in [2.45, 2.75) is 20.3 Å². The number of hydrogen-bond acceptors (Lipinski definition) is 6. The fourth-order valence-corrected chi connectivity index (χ4v) is 2.93. The summed E-state index contributed by atoms with van der Waals surface area (Å²) in [5.41, 5.74) is 1.53. The van der Waals surface area contributed by atoms with Gasteiger partial charge in [-0.05, 0) is 31.5 Å². The number of benzene rings is 1. The number of nitrogens with one attached hydrogen (secondary N) is 1. The SMILES string of the molecule is CCOc1cccn2c(C(=O)Nc3cc([N+](=O)[O-])ccc3OC)c(CC)nc12. The first-order valence-corrected chi connectivity index (χ1v) is 8.76. The minimum absolute atomic E-state index is 0.149. The molecule has 146 valence electrons. The van der Waals surface area contributed by atoms with Crippen molar-refractivity contribution in [1.82, 2.24) is 9.38 Å². The minimum atomic E-state index is -0.533. The van der Waals surface area contributed by atoms with Crippen molar-refractivity contribution in [1.29, 1.82) is 0 Å². The molecule has 9 nitrogen and oxygen atoms in total. The molecule has 1 amide bonds. The minimum Gasteiger partial charge on any atom is -0.495 e. The van der Waals surface area contributed by atoms with E-state index < -0.39 is 10.8 Å². The van der Waals surface area contributed by atoms with Crippen LogP contribution >= 0.6 is 0 Å². The summed E-state index contributed by atoms with van der Waals surface area (Å²) in [5, 5.41) is 13.8. The van der Waals surface area contributed by atoms with E-state index in [9.17, 15) is 14.9 Å². The van der Waals surface area contributed by atoms with Crippen LogP contribution in [0.5, 0.6) is 11.5 Å². The summed E-state index contributed by atoms with van der Waals surface area (Å²) >= 11 is 0. The van der Waals surface area contributed by atoms with Gasteiger partial charge in [-0.15, -0.1) is 0 Å². The lowest BCUT2D eigenvalue weighted by Crippen LogP contribution is -2.17. The average molecular weight is 384 g/mol. The summed E-state index contributed by atoms with van der Waals surface area (Å²) in [7, 11) is 1.43. The number of imidazole rings is 1. The quantitative estimate of drug-likeness (QED) is 0.494. The van der Waals surface area contributed by atoms with E-state index in [-0.39, 0.29) is 11.4 Å². The zero-order chi connectivity index (χ0) is 20.3. The van der Waals surface area contributed by atoms with Crippen LogP contribution in [0.4, 0.5) is 11.4 Å². The maximum Gasteiger partial charge on any atom is 0.274 e. The molecule has 28 heavy (non-hydrogen) atoms. The van der Waals surface area contributed by atoms with Crippen molar-refractivity contribution in [2.75, 3.05) is 19.0 Å². The Labute approximate surface area is 161 Å². The highest BCUT2D eigenvalue weighted by Crippen LogP contribution is 2.30. The zero-order valence-corrected chi connectivity index (χ0v) is 15.8. The van der Waals surface area contributed by atoms with Gasteiger partial charge >= 0.3 is 0 Å². The molecule has 0 fully saturated rings. The Morgan fingerprint density at radius 2 is 2.07 bits per heavy atom. The number of ether oxygens (including phenoxy) is 2. The Hall–Kier alpha value is -3.62. The van der Waals surface area contributed by atoms with E-state index in [1.165, 1.54) is 25.3 Å². The van der Waals surface area contributed by atoms with Crippen LogP contribution in [0.3, 0.4) is 0 Å². The molecule has 0 bridgehead atoms. The van der Waals surface area contributed by atoms with Gasteiger partial charge in [0.1, 0.15) is 11.4 Å². The Kier molecular flexibility index (Phi) is 5.44. The maximum atomic E-state index is 13.0. The third-order valence-electron chi connectivity index (χ3n) is 4.18. The number of rotatable bonds is 7. The molecule has 0 radical (unpaired) electrons. The lowest BCUT2D eigenvalue weighted by molar-refractivity contribution is -0.384. The molecule has 0 aliphatic heterocycles. The maximum absolute atomic E-state index is 13.0. The second kappa shape index (κ2) is 7.95. The summed E-state index contributed by atoms with van der Waals surface area (Å²) < 4.78 is 12.5. The molecule has 1 N–H and O–H groups in total. The van der Waals surface area contributed by atoms with Crippen molar-refractivity contribution in [3.63, 3.8) is 0 Å². The summed E-state index contributed by atoms with van der Waals surface area (Å²) in [5.74, 6) is 0.448. The normalized spacial score (nSPS) is 10.7. The van der Waals surface area contributed by atoms with Crippen LogP contribution in [-0.2, 0) is 6.42 Å². The number of anilines is 1. The van der Waals surface area contributed by atoms with Crippen molar-refractivity contribution in [2.24, 2.45) is 0 Å². The molecule has 9 heteroatoms. The largest absolute Gasteiger partial charge is 0.495 e. The molecule has 0 atom stereocenters. The summed E-state index contributed by atoms with van der Waals surface area (Å²) in [4.78, 5) is 28.1. The van der Waals surface area contributed by atoms with Gasteiger partial charge in [0.25, 0.3) is 11.6 Å². The highest BCUT2D eigenvalue weighted by Gasteiger charge is 2.22. The van der Waals surface area contributed by atoms with E-state index in [1.807, 2.05) is 13.8 Å². The predicted octanol–water partition coefficient (Wildman–Crippen LogP) is 3.46. The number of hydrogen-bond donors (Lipinski definition) is 1. The summed E-state index contributed by atoms with van der Waals surface area (Å²) in [6, 6.07) is 7.57. The van der Waals surface area contributed by atoms with E-state index in [0.29, 0.717) is 41.6 Å². The van der Waals surface area contributed by atoms with Crippen molar-refractivity contribution in [3.05, 3.63) is 58.0 Å². The van der Waals surface area contributed by atoms with Gasteiger partial charge in [0.2, 0.25) is 0 Å². The number of carbonyl (C=O) groups excluding carboxylic acids is 1. The van der Waals surface area contributed by atoms with E-state index in [1.54, 1.807) is 22.7 Å². The standard InChI is InChI=1S/C19H20N4O5/c1-4-13-17(22-10-6-7-16(28-5-2)18(22)20-13)19(24)21-14-11-12(23(25)26)8-9-15(14)27-3/h6-11H,4-5H2,1-3H3,(H,21,24). The molecule has 0 unspecified atom stereocenters. The average Bonchev–Trinajstić information content (AvgIpc) is 3.08. The summed E-state index contributed by atoms with van der Waals surface area (Å²) in [6.45, 7) is 4.24. The van der Waals surface area contributed by atoms with Gasteiger partial charge in [-0.25, -0.2) is 4.98 Å². The molecule has 2 heterocycles. The number of non-ortho nitro benzene ring substituents is 1. The van der Waals surface area contributed by atoms with Gasteiger partial charge in [-0.1, -0.05) is 6.92 Å². The number of pyridine rings is 1. The Morgan fingerprint density at radius 1 is 1.29 bits per heavy atom. The van der Waals surface area contributed by atoms with Gasteiger partial charge in [-0.3, -0.25) is 19.3 Å². The van der Waals surface area contributed by atoms with Crippen LogP contribution in [0.1, 0.15) is 30.0 Å². The Bertz CT molecular complexity index is 1040. The number of fused-ring (bicyclic) bond motifs is 1. The van der Waals surface area contributed by atoms with Crippen molar-refractivity contribution >= 4 is 22.9 Å². The molecule has 0 spiro atoms. The monoisotopic (exact) mass is 384 g/mol. The van der Waals surface area contributed by atoms with Gasteiger partial charge in [-0.2, -0.15) is 0 Å². The molecule has 1 aromatic carbocycles. The number of nitro benzene ring substituents is 1. The molecule has 0 aliphatic carbocycles. The van der Waals surface area contributed by atoms with Crippen LogP contribution < -0.4 is 14.8 Å². The molecular formula is C19H20N4O5. The molecule has 0 saturated carbocycles. The van der Waals surface area contributed by atoms with E-state index in [0.717, 1.165) is 0 Å². The first kappa shape index (κ1) is 19.2. The molecule has 0 aliphatic rings. The molecular weight excluding hydrogens is 364 g/mol. The molecule has 0 saturated heterocycles. The number of nitro groups is 1. The molecule has 2 aromatic heterocycles. The number of methoxy groups -OCH3 is 1.